The standard InChI is InChI=1S/C29H41NO8S/c1-21-11-17-24(18-12-21)39(33,34)36-20-19-35-23-15-13-22(14-16-23)9-8-10-25(26(31)37-28(2,3)4)30-27(32)38-29(5,6)7/h11-18,25H,8-10,19-20H2,1-7H3,(H,30,32). The zero-order valence-electron chi connectivity index (χ0n) is 23.9. The number of carbonyl (C=O) groups excluding carboxylic acids is 2. The van der Waals surface area contributed by atoms with Gasteiger partial charge in [0.2, 0.25) is 0 Å². The minimum Gasteiger partial charge on any atom is -0.491 e. The number of rotatable bonds is 12. The topological polar surface area (TPSA) is 117 Å². The lowest BCUT2D eigenvalue weighted by Gasteiger charge is -2.26. The Morgan fingerprint density at radius 3 is 2.00 bits per heavy atom. The van der Waals surface area contributed by atoms with Gasteiger partial charge in [0, 0.05) is 0 Å². The summed E-state index contributed by atoms with van der Waals surface area (Å²) >= 11 is 0. The average molecular weight is 564 g/mol. The first-order chi connectivity index (χ1) is 18.0. The number of aryl methyl sites for hydroxylation is 2. The maximum Gasteiger partial charge on any atom is 0.408 e. The fourth-order valence-electron chi connectivity index (χ4n) is 3.41. The van der Waals surface area contributed by atoms with Crippen LogP contribution in [0.3, 0.4) is 0 Å². The Morgan fingerprint density at radius 1 is 0.846 bits per heavy atom. The SMILES string of the molecule is Cc1ccc(S(=O)(=O)OCCOc2ccc(CCCC(NC(=O)OC(C)(C)C)C(=O)OC(C)(C)C)cc2)cc1. The molecule has 0 aliphatic heterocycles. The first-order valence-corrected chi connectivity index (χ1v) is 14.4. The van der Waals surface area contributed by atoms with Crippen molar-refractivity contribution in [2.75, 3.05) is 13.2 Å². The van der Waals surface area contributed by atoms with Crippen LogP contribution in [0.1, 0.15) is 65.5 Å². The van der Waals surface area contributed by atoms with E-state index in [0.717, 1.165) is 11.1 Å². The van der Waals surface area contributed by atoms with Gasteiger partial charge in [-0.3, -0.25) is 4.18 Å². The summed E-state index contributed by atoms with van der Waals surface area (Å²) < 4.78 is 45.9. The zero-order chi connectivity index (χ0) is 29.3. The Hall–Kier alpha value is -3.11. The number of esters is 1. The normalized spacial score (nSPS) is 12.9. The van der Waals surface area contributed by atoms with Crippen LogP contribution < -0.4 is 10.1 Å². The Labute approximate surface area is 232 Å². The molecular formula is C29H41NO8S. The van der Waals surface area contributed by atoms with Gasteiger partial charge < -0.3 is 19.5 Å². The highest BCUT2D eigenvalue weighted by molar-refractivity contribution is 7.86. The van der Waals surface area contributed by atoms with Gasteiger partial charge in [-0.05, 0) is 97.6 Å². The Morgan fingerprint density at radius 2 is 1.44 bits per heavy atom. The molecule has 216 valence electrons. The molecule has 1 atom stereocenters. The molecule has 0 bridgehead atoms. The van der Waals surface area contributed by atoms with Crippen molar-refractivity contribution in [1.82, 2.24) is 5.32 Å². The van der Waals surface area contributed by atoms with Crippen molar-refractivity contribution >= 4 is 22.2 Å². The molecule has 2 aromatic rings. The van der Waals surface area contributed by atoms with E-state index in [1.807, 2.05) is 19.1 Å². The third kappa shape index (κ3) is 12.5. The molecule has 39 heavy (non-hydrogen) atoms. The Kier molecular flexibility index (Phi) is 11.4. The smallest absolute Gasteiger partial charge is 0.408 e. The quantitative estimate of drug-likeness (QED) is 0.209. The summed E-state index contributed by atoms with van der Waals surface area (Å²) in [6, 6.07) is 13.0. The molecule has 0 radical (unpaired) electrons. The highest BCUT2D eigenvalue weighted by atomic mass is 32.2. The summed E-state index contributed by atoms with van der Waals surface area (Å²) in [6.45, 7) is 12.4. The van der Waals surface area contributed by atoms with E-state index in [9.17, 15) is 18.0 Å². The maximum atomic E-state index is 12.7. The number of nitrogens with one attached hydrogen (secondary N) is 1. The Balaban J connectivity index is 1.83. The Bertz CT molecular complexity index is 1180. The molecule has 2 aromatic carbocycles. The van der Waals surface area contributed by atoms with Gasteiger partial charge in [-0.15, -0.1) is 0 Å². The van der Waals surface area contributed by atoms with E-state index in [1.165, 1.54) is 12.1 Å². The minimum absolute atomic E-state index is 0.0678. The van der Waals surface area contributed by atoms with Gasteiger partial charge in [-0.25, -0.2) is 9.59 Å². The molecule has 0 saturated carbocycles. The fourth-order valence-corrected chi connectivity index (χ4v) is 4.30. The summed E-state index contributed by atoms with van der Waals surface area (Å²) in [5, 5.41) is 2.63. The van der Waals surface area contributed by atoms with Crippen molar-refractivity contribution < 1.29 is 36.4 Å². The third-order valence-electron chi connectivity index (χ3n) is 5.16. The predicted molar refractivity (Wildman–Crippen MR) is 148 cm³/mol. The minimum atomic E-state index is -3.84. The molecule has 1 unspecified atom stereocenters. The molecule has 0 heterocycles. The molecule has 9 nitrogen and oxygen atoms in total. The maximum absolute atomic E-state index is 12.7. The molecule has 0 aromatic heterocycles. The van der Waals surface area contributed by atoms with Gasteiger partial charge in [-0.1, -0.05) is 29.8 Å². The lowest BCUT2D eigenvalue weighted by atomic mass is 10.0. The highest BCUT2D eigenvalue weighted by Gasteiger charge is 2.28. The number of benzene rings is 2. The van der Waals surface area contributed by atoms with Crippen molar-refractivity contribution in [3.05, 3.63) is 59.7 Å². The summed E-state index contributed by atoms with van der Waals surface area (Å²) in [5.41, 5.74) is 0.603. The first-order valence-electron chi connectivity index (χ1n) is 12.9. The van der Waals surface area contributed by atoms with Gasteiger partial charge in [0.1, 0.15) is 36.2 Å². The number of ether oxygens (including phenoxy) is 3. The number of hydrogen-bond acceptors (Lipinski definition) is 8. The monoisotopic (exact) mass is 563 g/mol. The van der Waals surface area contributed by atoms with Crippen LogP contribution >= 0.6 is 0 Å². The van der Waals surface area contributed by atoms with E-state index in [2.05, 4.69) is 5.32 Å². The molecule has 1 N–H and O–H groups in total. The molecule has 1 amide bonds. The fraction of sp³-hybridized carbons (Fsp3) is 0.517. The van der Waals surface area contributed by atoms with E-state index < -0.39 is 39.4 Å². The average Bonchev–Trinajstić information content (AvgIpc) is 2.80. The van der Waals surface area contributed by atoms with Crippen molar-refractivity contribution in [3.63, 3.8) is 0 Å². The number of alkyl carbamates (subject to hydrolysis) is 1. The lowest BCUT2D eigenvalue weighted by Crippen LogP contribution is -2.46. The van der Waals surface area contributed by atoms with Gasteiger partial charge in [0.05, 0.1) is 4.90 Å². The molecule has 0 saturated heterocycles. The van der Waals surface area contributed by atoms with Gasteiger partial charge >= 0.3 is 12.1 Å². The molecule has 0 spiro atoms. The van der Waals surface area contributed by atoms with E-state index in [1.54, 1.807) is 65.8 Å². The molecule has 0 fully saturated rings. The second-order valence-corrected chi connectivity index (χ2v) is 12.8. The number of hydrogen-bond donors (Lipinski definition) is 1. The van der Waals surface area contributed by atoms with Crippen LogP contribution in [0.5, 0.6) is 5.75 Å². The largest absolute Gasteiger partial charge is 0.491 e. The number of carbonyl (C=O) groups is 2. The van der Waals surface area contributed by atoms with Crippen LogP contribution in [-0.2, 0) is 35.0 Å². The van der Waals surface area contributed by atoms with E-state index in [4.69, 9.17) is 18.4 Å². The third-order valence-corrected chi connectivity index (χ3v) is 6.49. The van der Waals surface area contributed by atoms with Crippen molar-refractivity contribution in [2.45, 2.75) is 89.9 Å². The molecule has 10 heteroatoms. The van der Waals surface area contributed by atoms with Gasteiger partial charge in [0.25, 0.3) is 10.1 Å². The van der Waals surface area contributed by atoms with Crippen LogP contribution in [0.4, 0.5) is 4.79 Å². The molecule has 0 aliphatic carbocycles. The van der Waals surface area contributed by atoms with Crippen LogP contribution in [0, 0.1) is 6.92 Å². The predicted octanol–water partition coefficient (Wildman–Crippen LogP) is 5.34. The molecule has 2 rings (SSSR count). The van der Waals surface area contributed by atoms with Crippen molar-refractivity contribution in [3.8, 4) is 5.75 Å². The first kappa shape index (κ1) is 32.1. The summed E-state index contributed by atoms with van der Waals surface area (Å²) in [4.78, 5) is 25.0. The summed E-state index contributed by atoms with van der Waals surface area (Å²) in [7, 11) is -3.84. The van der Waals surface area contributed by atoms with Crippen LogP contribution in [0.2, 0.25) is 0 Å². The summed E-state index contributed by atoms with van der Waals surface area (Å²) in [5.74, 6) is 0.0667. The van der Waals surface area contributed by atoms with Gasteiger partial charge in [-0.2, -0.15) is 8.42 Å². The van der Waals surface area contributed by atoms with Crippen LogP contribution in [0.15, 0.2) is 53.4 Å². The van der Waals surface area contributed by atoms with E-state index in [-0.39, 0.29) is 18.1 Å². The van der Waals surface area contributed by atoms with E-state index in [0.29, 0.717) is 25.0 Å². The van der Waals surface area contributed by atoms with Crippen molar-refractivity contribution in [2.24, 2.45) is 0 Å². The highest BCUT2D eigenvalue weighted by Crippen LogP contribution is 2.17. The number of amides is 1. The second-order valence-electron chi connectivity index (χ2n) is 11.2. The lowest BCUT2D eigenvalue weighted by molar-refractivity contribution is -0.157. The zero-order valence-corrected chi connectivity index (χ0v) is 24.7. The van der Waals surface area contributed by atoms with Gasteiger partial charge in [0.15, 0.2) is 0 Å². The van der Waals surface area contributed by atoms with Crippen LogP contribution in [-0.4, -0.2) is 50.9 Å². The second kappa shape index (κ2) is 13.8. The van der Waals surface area contributed by atoms with Crippen molar-refractivity contribution in [1.29, 1.82) is 0 Å². The summed E-state index contributed by atoms with van der Waals surface area (Å²) in [6.07, 6.45) is 0.979. The molecule has 0 aliphatic rings. The van der Waals surface area contributed by atoms with Crippen LogP contribution in [0.25, 0.3) is 0 Å². The van der Waals surface area contributed by atoms with E-state index >= 15 is 0 Å². The molecular weight excluding hydrogens is 522 g/mol.